The van der Waals surface area contributed by atoms with E-state index in [9.17, 15) is 14.7 Å². The molecule has 8 nitrogen and oxygen atoms in total. The Morgan fingerprint density at radius 1 is 1.12 bits per heavy atom. The molecule has 0 radical (unpaired) electrons. The van der Waals surface area contributed by atoms with Gasteiger partial charge in [-0.3, -0.25) is 4.79 Å². The Hall–Kier alpha value is -3.56. The highest BCUT2D eigenvalue weighted by Crippen LogP contribution is 2.46. The number of thiophene rings is 1. The van der Waals surface area contributed by atoms with Crippen molar-refractivity contribution in [3.05, 3.63) is 53.6 Å². The molecule has 2 N–H and O–H groups in total. The van der Waals surface area contributed by atoms with Crippen molar-refractivity contribution in [2.24, 2.45) is 5.92 Å². The second-order valence-electron chi connectivity index (χ2n) is 12.8. The van der Waals surface area contributed by atoms with Gasteiger partial charge in [-0.1, -0.05) is 18.2 Å². The fourth-order valence-electron chi connectivity index (χ4n) is 6.18. The van der Waals surface area contributed by atoms with Crippen molar-refractivity contribution in [3.8, 4) is 16.3 Å². The summed E-state index contributed by atoms with van der Waals surface area (Å²) in [6, 6.07) is 14.4. The number of carbonyl (C=O) groups is 2. The summed E-state index contributed by atoms with van der Waals surface area (Å²) in [6.07, 6.45) is 4.13. The molecule has 43 heavy (non-hydrogen) atoms. The second kappa shape index (κ2) is 11.8. The maximum Gasteiger partial charge on any atom is 0.407 e. The maximum absolute atomic E-state index is 13.8. The summed E-state index contributed by atoms with van der Waals surface area (Å²) in [5, 5.41) is 15.2. The number of carbonyl (C=O) groups excluding carboxylic acids is 2. The number of nitrogens with one attached hydrogen (secondary N) is 1. The minimum absolute atomic E-state index is 0.0192. The van der Waals surface area contributed by atoms with E-state index in [2.05, 4.69) is 40.2 Å². The molecule has 2 aromatic heterocycles. The average molecular weight is 604 g/mol. The number of fused-ring (bicyclic) bond motifs is 2. The van der Waals surface area contributed by atoms with Crippen LogP contribution in [0.4, 0.5) is 4.79 Å². The fraction of sp³-hybridized carbons (Fsp3) is 0.471. The van der Waals surface area contributed by atoms with Gasteiger partial charge in [0.25, 0.3) is 5.91 Å². The van der Waals surface area contributed by atoms with Gasteiger partial charge in [0.2, 0.25) is 0 Å². The molecule has 0 unspecified atom stereocenters. The standard InChI is InChI=1S/C34H41N3O5S/c1-34(2,3)42-33(40)35-24-9-7-14-36(20-24)32(39)23-17-28(41-4)30-25(13-15-38)31(43-29(30)18-23)27-16-22-8-5-6-10-26(22)37(27)19-21-11-12-21/h5-6,8,10,16-18,21,24,38H,7,9,11-15,19-20H2,1-4H3,(H,35,40)/t24-/m1/s1. The molecule has 1 aliphatic heterocycles. The number of nitrogens with zero attached hydrogens (tertiary/aromatic N) is 2. The Bertz CT molecular complexity index is 1660. The van der Waals surface area contributed by atoms with Gasteiger partial charge in [-0.25, -0.2) is 4.79 Å². The number of aromatic nitrogens is 1. The predicted molar refractivity (Wildman–Crippen MR) is 171 cm³/mol. The van der Waals surface area contributed by atoms with Gasteiger partial charge in [-0.2, -0.15) is 0 Å². The summed E-state index contributed by atoms with van der Waals surface area (Å²) in [5.41, 5.74) is 3.40. The van der Waals surface area contributed by atoms with Crippen LogP contribution in [0.3, 0.4) is 0 Å². The lowest BCUT2D eigenvalue weighted by atomic mass is 10.0. The van der Waals surface area contributed by atoms with Gasteiger partial charge >= 0.3 is 6.09 Å². The number of ether oxygens (including phenoxy) is 2. The first kappa shape index (κ1) is 29.5. The number of aliphatic hydroxyl groups excluding tert-OH is 1. The van der Waals surface area contributed by atoms with Crippen LogP contribution in [0.25, 0.3) is 31.6 Å². The zero-order valence-corrected chi connectivity index (χ0v) is 26.3. The summed E-state index contributed by atoms with van der Waals surface area (Å²) in [6.45, 7) is 7.55. The number of hydrogen-bond acceptors (Lipinski definition) is 6. The van der Waals surface area contributed by atoms with Crippen molar-refractivity contribution in [3.63, 3.8) is 0 Å². The molecule has 4 aromatic rings. The smallest absolute Gasteiger partial charge is 0.407 e. The molecule has 3 heterocycles. The minimum atomic E-state index is -0.582. The first-order valence-electron chi connectivity index (χ1n) is 15.3. The molecule has 1 atom stereocenters. The summed E-state index contributed by atoms with van der Waals surface area (Å²) < 4.78 is 14.7. The van der Waals surface area contributed by atoms with Crippen LogP contribution in [0, 0.1) is 5.92 Å². The summed E-state index contributed by atoms with van der Waals surface area (Å²) in [5.74, 6) is 1.25. The monoisotopic (exact) mass is 603 g/mol. The molecular formula is C34H41N3O5S. The molecular weight excluding hydrogens is 562 g/mol. The zero-order chi connectivity index (χ0) is 30.3. The van der Waals surface area contributed by atoms with E-state index in [0.717, 1.165) is 45.6 Å². The number of likely N-dealkylation sites (tertiary alicyclic amines) is 1. The first-order chi connectivity index (χ1) is 20.6. The highest BCUT2D eigenvalue weighted by atomic mass is 32.1. The Morgan fingerprint density at radius 2 is 1.91 bits per heavy atom. The van der Waals surface area contributed by atoms with Crippen molar-refractivity contribution in [2.45, 2.75) is 71.1 Å². The van der Waals surface area contributed by atoms with E-state index in [1.807, 2.05) is 37.8 Å². The molecule has 1 saturated carbocycles. The number of benzene rings is 2. The van der Waals surface area contributed by atoms with Crippen LogP contribution in [-0.2, 0) is 17.7 Å². The third kappa shape index (κ3) is 6.24. The van der Waals surface area contributed by atoms with Gasteiger partial charge in [0.1, 0.15) is 11.4 Å². The number of aliphatic hydroxyl groups is 1. The maximum atomic E-state index is 13.8. The highest BCUT2D eigenvalue weighted by Gasteiger charge is 2.30. The molecule has 0 spiro atoms. The predicted octanol–water partition coefficient (Wildman–Crippen LogP) is 6.61. The Morgan fingerprint density at radius 3 is 2.63 bits per heavy atom. The van der Waals surface area contributed by atoms with Crippen LogP contribution >= 0.6 is 11.3 Å². The Labute approximate surface area is 256 Å². The SMILES string of the molecule is COc1cc(C(=O)N2CCC[C@@H](NC(=O)OC(C)(C)C)C2)cc2sc(-c3cc4ccccc4n3CC3CC3)c(CCO)c12. The molecule has 2 aliphatic rings. The van der Waals surface area contributed by atoms with Gasteiger partial charge in [0.15, 0.2) is 0 Å². The number of rotatable bonds is 8. The molecule has 2 aromatic carbocycles. The van der Waals surface area contributed by atoms with E-state index in [0.29, 0.717) is 36.7 Å². The van der Waals surface area contributed by atoms with Crippen molar-refractivity contribution in [1.29, 1.82) is 0 Å². The molecule has 1 aliphatic carbocycles. The summed E-state index contributed by atoms with van der Waals surface area (Å²) >= 11 is 1.66. The molecule has 1 saturated heterocycles. The van der Waals surface area contributed by atoms with Gasteiger partial charge < -0.3 is 29.4 Å². The van der Waals surface area contributed by atoms with Crippen molar-refractivity contribution >= 4 is 44.3 Å². The quantitative estimate of drug-likeness (QED) is 0.237. The fourth-order valence-corrected chi connectivity index (χ4v) is 7.52. The van der Waals surface area contributed by atoms with Gasteiger partial charge in [0, 0.05) is 58.8 Å². The number of piperidine rings is 1. The van der Waals surface area contributed by atoms with Crippen LogP contribution in [0.5, 0.6) is 5.75 Å². The topological polar surface area (TPSA) is 93.0 Å². The average Bonchev–Trinajstić information content (AvgIpc) is 3.62. The molecule has 0 bridgehead atoms. The van der Waals surface area contributed by atoms with E-state index in [-0.39, 0.29) is 18.6 Å². The van der Waals surface area contributed by atoms with Crippen LogP contribution in [0.1, 0.15) is 62.4 Å². The van der Waals surface area contributed by atoms with E-state index in [1.165, 1.54) is 23.7 Å². The second-order valence-corrected chi connectivity index (χ2v) is 13.9. The summed E-state index contributed by atoms with van der Waals surface area (Å²) in [4.78, 5) is 29.1. The first-order valence-corrected chi connectivity index (χ1v) is 16.1. The highest BCUT2D eigenvalue weighted by molar-refractivity contribution is 7.22. The molecule has 2 fully saturated rings. The van der Waals surface area contributed by atoms with E-state index < -0.39 is 11.7 Å². The number of methoxy groups -OCH3 is 1. The van der Waals surface area contributed by atoms with Gasteiger partial charge in [-0.15, -0.1) is 11.3 Å². The van der Waals surface area contributed by atoms with E-state index in [4.69, 9.17) is 9.47 Å². The van der Waals surface area contributed by atoms with E-state index in [1.54, 1.807) is 18.4 Å². The number of para-hydroxylation sites is 1. The molecule has 9 heteroatoms. The number of amides is 2. The van der Waals surface area contributed by atoms with Gasteiger partial charge in [-0.05, 0) is 88.6 Å². The molecule has 228 valence electrons. The van der Waals surface area contributed by atoms with Crippen LogP contribution in [0.15, 0.2) is 42.5 Å². The summed E-state index contributed by atoms with van der Waals surface area (Å²) in [7, 11) is 1.63. The lowest BCUT2D eigenvalue weighted by molar-refractivity contribution is 0.0452. The Kier molecular flexibility index (Phi) is 8.13. The largest absolute Gasteiger partial charge is 0.496 e. The van der Waals surface area contributed by atoms with Crippen molar-refractivity contribution in [2.75, 3.05) is 26.8 Å². The normalized spacial score (nSPS) is 17.4. The van der Waals surface area contributed by atoms with Crippen LogP contribution in [-0.4, -0.2) is 65.0 Å². The third-order valence-corrected chi connectivity index (χ3v) is 9.49. The molecule has 6 rings (SSSR count). The van der Waals surface area contributed by atoms with Crippen molar-refractivity contribution < 1.29 is 24.2 Å². The lowest BCUT2D eigenvalue weighted by Crippen LogP contribution is -2.50. The van der Waals surface area contributed by atoms with E-state index >= 15 is 0 Å². The number of alkyl carbamates (subject to hydrolysis) is 1. The molecule has 2 amide bonds. The van der Waals surface area contributed by atoms with Crippen molar-refractivity contribution in [1.82, 2.24) is 14.8 Å². The van der Waals surface area contributed by atoms with Crippen LogP contribution < -0.4 is 10.1 Å². The number of hydrogen-bond donors (Lipinski definition) is 2. The zero-order valence-electron chi connectivity index (χ0n) is 25.4. The lowest BCUT2D eigenvalue weighted by Gasteiger charge is -2.33. The third-order valence-electron chi connectivity index (χ3n) is 8.29. The Balaban J connectivity index is 1.35. The minimum Gasteiger partial charge on any atom is -0.496 e. The van der Waals surface area contributed by atoms with Gasteiger partial charge in [0.05, 0.1) is 17.7 Å². The van der Waals surface area contributed by atoms with Crippen LogP contribution in [0.2, 0.25) is 0 Å².